The van der Waals surface area contributed by atoms with Gasteiger partial charge in [-0.05, 0) is 43.7 Å². The lowest BCUT2D eigenvalue weighted by Crippen LogP contribution is -2.45. The molecule has 22 heavy (non-hydrogen) atoms. The molecule has 0 spiro atoms. The summed E-state index contributed by atoms with van der Waals surface area (Å²) < 4.78 is 5.69. The minimum absolute atomic E-state index is 0.131. The molecule has 3 N–H and O–H groups in total. The van der Waals surface area contributed by atoms with Gasteiger partial charge in [-0.25, -0.2) is 0 Å². The van der Waals surface area contributed by atoms with E-state index in [1.807, 2.05) is 44.2 Å². The number of carbonyl (C=O) groups is 1. The van der Waals surface area contributed by atoms with E-state index in [4.69, 9.17) is 10.5 Å². The van der Waals surface area contributed by atoms with E-state index in [-0.39, 0.29) is 5.91 Å². The third kappa shape index (κ3) is 5.22. The van der Waals surface area contributed by atoms with Gasteiger partial charge in [-0.2, -0.15) is 0 Å². The fourth-order valence-corrected chi connectivity index (χ4v) is 1.85. The Hall–Kier alpha value is -2.33. The van der Waals surface area contributed by atoms with E-state index in [1.54, 1.807) is 24.3 Å². The molecule has 0 aliphatic rings. The lowest BCUT2D eigenvalue weighted by Gasteiger charge is -2.18. The number of carbonyl (C=O) groups excluding carboxylic acids is 1. The molecule has 0 saturated carbocycles. The molecule has 0 aliphatic carbocycles. The van der Waals surface area contributed by atoms with Crippen molar-refractivity contribution in [3.05, 3.63) is 65.7 Å². The van der Waals surface area contributed by atoms with Gasteiger partial charge in [0.15, 0.2) is 0 Å². The smallest absolute Gasteiger partial charge is 0.251 e. The molecule has 0 saturated heterocycles. The lowest BCUT2D eigenvalue weighted by atomic mass is 10.1. The molecule has 0 unspecified atom stereocenters. The van der Waals surface area contributed by atoms with E-state index < -0.39 is 5.54 Å². The summed E-state index contributed by atoms with van der Waals surface area (Å²) in [5.74, 6) is 0.604. The van der Waals surface area contributed by atoms with Crippen LogP contribution < -0.4 is 15.8 Å². The van der Waals surface area contributed by atoms with Crippen LogP contribution in [-0.2, 0) is 6.61 Å². The van der Waals surface area contributed by atoms with Gasteiger partial charge in [0.2, 0.25) is 0 Å². The Morgan fingerprint density at radius 1 is 1.09 bits per heavy atom. The number of rotatable bonds is 6. The summed E-state index contributed by atoms with van der Waals surface area (Å²) in [6.07, 6.45) is 0. The second kappa shape index (κ2) is 7.09. The quantitative estimate of drug-likeness (QED) is 0.862. The number of hydrogen-bond acceptors (Lipinski definition) is 3. The van der Waals surface area contributed by atoms with Crippen molar-refractivity contribution in [3.63, 3.8) is 0 Å². The van der Waals surface area contributed by atoms with Crippen LogP contribution in [0.3, 0.4) is 0 Å². The van der Waals surface area contributed by atoms with Gasteiger partial charge < -0.3 is 15.8 Å². The first kappa shape index (κ1) is 16.0. The summed E-state index contributed by atoms with van der Waals surface area (Å²) in [7, 11) is 0. The van der Waals surface area contributed by atoms with Crippen LogP contribution in [0.5, 0.6) is 5.75 Å². The van der Waals surface area contributed by atoms with Gasteiger partial charge in [0, 0.05) is 17.6 Å². The van der Waals surface area contributed by atoms with Crippen LogP contribution in [0.2, 0.25) is 0 Å². The summed E-state index contributed by atoms with van der Waals surface area (Å²) in [4.78, 5) is 12.0. The van der Waals surface area contributed by atoms with Crippen molar-refractivity contribution in [3.8, 4) is 5.75 Å². The summed E-state index contributed by atoms with van der Waals surface area (Å²) in [5.41, 5.74) is 7.12. The number of nitrogens with one attached hydrogen (secondary N) is 1. The Morgan fingerprint density at radius 3 is 2.32 bits per heavy atom. The number of benzene rings is 2. The van der Waals surface area contributed by atoms with Crippen LogP contribution in [0.15, 0.2) is 54.6 Å². The standard InChI is InChI=1S/C18H22N2O2/c1-18(2,19)13-20-17(21)15-8-10-16(11-9-15)22-12-14-6-4-3-5-7-14/h3-11H,12-13,19H2,1-2H3,(H,20,21). The number of ether oxygens (including phenoxy) is 1. The van der Waals surface area contributed by atoms with Crippen LogP contribution in [-0.4, -0.2) is 18.0 Å². The molecule has 116 valence electrons. The second-order valence-electron chi connectivity index (χ2n) is 5.97. The maximum atomic E-state index is 12.0. The fraction of sp³-hybridized carbons (Fsp3) is 0.278. The predicted octanol–water partition coefficient (Wildman–Crippen LogP) is 2.73. The normalized spacial score (nSPS) is 11.0. The monoisotopic (exact) mass is 298 g/mol. The average Bonchev–Trinajstić information content (AvgIpc) is 2.51. The van der Waals surface area contributed by atoms with Gasteiger partial charge in [0.05, 0.1) is 0 Å². The van der Waals surface area contributed by atoms with Crippen molar-refractivity contribution in [1.82, 2.24) is 5.32 Å². The van der Waals surface area contributed by atoms with E-state index >= 15 is 0 Å². The third-order valence-electron chi connectivity index (χ3n) is 3.07. The highest BCUT2D eigenvalue weighted by molar-refractivity contribution is 5.94. The molecule has 4 nitrogen and oxygen atoms in total. The van der Waals surface area contributed by atoms with E-state index in [0.29, 0.717) is 18.7 Å². The lowest BCUT2D eigenvalue weighted by molar-refractivity contribution is 0.0946. The van der Waals surface area contributed by atoms with Crippen molar-refractivity contribution in [2.75, 3.05) is 6.54 Å². The number of amides is 1. The van der Waals surface area contributed by atoms with Crippen LogP contribution in [0.25, 0.3) is 0 Å². The first-order valence-corrected chi connectivity index (χ1v) is 7.28. The van der Waals surface area contributed by atoms with Crippen molar-refractivity contribution in [1.29, 1.82) is 0 Å². The Balaban J connectivity index is 1.88. The molecule has 2 aromatic rings. The Bertz CT molecular complexity index is 601. The molecular formula is C18H22N2O2. The van der Waals surface area contributed by atoms with Crippen molar-refractivity contribution in [2.45, 2.75) is 26.0 Å². The molecule has 0 bridgehead atoms. The maximum Gasteiger partial charge on any atom is 0.251 e. The van der Waals surface area contributed by atoms with Crippen molar-refractivity contribution >= 4 is 5.91 Å². The topological polar surface area (TPSA) is 64.3 Å². The zero-order valence-electron chi connectivity index (χ0n) is 13.0. The predicted molar refractivity (Wildman–Crippen MR) is 87.8 cm³/mol. The Kier molecular flexibility index (Phi) is 5.17. The zero-order chi connectivity index (χ0) is 16.0. The van der Waals surface area contributed by atoms with Gasteiger partial charge in [0.1, 0.15) is 12.4 Å². The van der Waals surface area contributed by atoms with E-state index in [2.05, 4.69) is 5.32 Å². The Labute approximate surface area is 131 Å². The third-order valence-corrected chi connectivity index (χ3v) is 3.07. The molecule has 0 aliphatic heterocycles. The summed E-state index contributed by atoms with van der Waals surface area (Å²) >= 11 is 0. The summed E-state index contributed by atoms with van der Waals surface area (Å²) in [6.45, 7) is 4.67. The summed E-state index contributed by atoms with van der Waals surface area (Å²) in [6, 6.07) is 17.0. The molecule has 0 atom stereocenters. The number of hydrogen-bond donors (Lipinski definition) is 2. The molecule has 0 fully saturated rings. The average molecular weight is 298 g/mol. The highest BCUT2D eigenvalue weighted by Crippen LogP contribution is 2.14. The summed E-state index contributed by atoms with van der Waals surface area (Å²) in [5, 5.41) is 2.81. The fourth-order valence-electron chi connectivity index (χ4n) is 1.85. The molecule has 0 radical (unpaired) electrons. The molecule has 0 aromatic heterocycles. The Morgan fingerprint density at radius 2 is 1.73 bits per heavy atom. The second-order valence-corrected chi connectivity index (χ2v) is 5.97. The SMILES string of the molecule is CC(C)(N)CNC(=O)c1ccc(OCc2ccccc2)cc1. The molecule has 1 amide bonds. The highest BCUT2D eigenvalue weighted by atomic mass is 16.5. The molecule has 4 heteroatoms. The largest absolute Gasteiger partial charge is 0.489 e. The van der Waals surface area contributed by atoms with Crippen LogP contribution >= 0.6 is 0 Å². The van der Waals surface area contributed by atoms with Gasteiger partial charge in [-0.3, -0.25) is 4.79 Å². The molecular weight excluding hydrogens is 276 g/mol. The minimum Gasteiger partial charge on any atom is -0.489 e. The van der Waals surface area contributed by atoms with Crippen molar-refractivity contribution in [2.24, 2.45) is 5.73 Å². The first-order valence-electron chi connectivity index (χ1n) is 7.28. The van der Waals surface area contributed by atoms with Gasteiger partial charge >= 0.3 is 0 Å². The van der Waals surface area contributed by atoms with E-state index in [0.717, 1.165) is 11.3 Å². The van der Waals surface area contributed by atoms with Crippen LogP contribution in [0.4, 0.5) is 0 Å². The molecule has 0 heterocycles. The molecule has 2 aromatic carbocycles. The zero-order valence-corrected chi connectivity index (χ0v) is 13.0. The van der Waals surface area contributed by atoms with E-state index in [9.17, 15) is 4.79 Å². The highest BCUT2D eigenvalue weighted by Gasteiger charge is 2.13. The molecule has 2 rings (SSSR count). The van der Waals surface area contributed by atoms with Crippen LogP contribution in [0.1, 0.15) is 29.8 Å². The van der Waals surface area contributed by atoms with Gasteiger partial charge in [-0.1, -0.05) is 30.3 Å². The minimum atomic E-state index is -0.422. The first-order chi connectivity index (χ1) is 10.4. The van der Waals surface area contributed by atoms with Gasteiger partial charge in [0.25, 0.3) is 5.91 Å². The van der Waals surface area contributed by atoms with Crippen molar-refractivity contribution < 1.29 is 9.53 Å². The number of nitrogens with two attached hydrogens (primary N) is 1. The maximum absolute atomic E-state index is 12.0. The van der Waals surface area contributed by atoms with Gasteiger partial charge in [-0.15, -0.1) is 0 Å². The van der Waals surface area contributed by atoms with Crippen LogP contribution in [0, 0.1) is 0 Å². The van der Waals surface area contributed by atoms with E-state index in [1.165, 1.54) is 0 Å².